The Bertz CT molecular complexity index is 1520. The standard InChI is InChI=1S/C30H35FN8O3/c1-20-5-10-26-27(15-20)42-14-4-13-39-19-25(35-37-39)18-38(12-3-11-32-29(40)21(2)34-30(26)41)17-23-16-33-36-28(23)22-6-8-24(31)9-7-22/h5-10,15-16,19,21H,3-4,11-14,17-18H2,1-2H3,(H,32,40)(H,33,36)(H,34,41)/t21-/m1/s1. The number of aromatic amines is 1. The lowest BCUT2D eigenvalue weighted by atomic mass is 10.1. The molecule has 0 radical (unpaired) electrons. The van der Waals surface area contributed by atoms with E-state index in [9.17, 15) is 14.0 Å². The molecule has 1 aliphatic rings. The first kappa shape index (κ1) is 28.9. The highest BCUT2D eigenvalue weighted by atomic mass is 19.1. The van der Waals surface area contributed by atoms with Crippen LogP contribution in [0.1, 0.15) is 46.9 Å². The maximum atomic E-state index is 13.5. The van der Waals surface area contributed by atoms with Crippen molar-refractivity contribution in [2.45, 2.75) is 52.4 Å². The molecule has 0 fully saturated rings. The van der Waals surface area contributed by atoms with Crippen molar-refractivity contribution in [1.29, 1.82) is 0 Å². The lowest BCUT2D eigenvalue weighted by molar-refractivity contribution is -0.122. The Balaban J connectivity index is 1.32. The molecule has 3 heterocycles. The fourth-order valence-corrected chi connectivity index (χ4v) is 4.85. The molecule has 1 aliphatic heterocycles. The number of ether oxygens (including phenoxy) is 1. The quantitative estimate of drug-likeness (QED) is 0.343. The average molecular weight is 575 g/mol. The van der Waals surface area contributed by atoms with E-state index in [0.717, 1.165) is 28.1 Å². The minimum atomic E-state index is -0.719. The van der Waals surface area contributed by atoms with E-state index in [1.165, 1.54) is 12.1 Å². The number of H-pyrrole nitrogens is 1. The molecule has 2 amide bonds. The number of aryl methyl sites for hydroxylation is 2. The fraction of sp³-hybridized carbons (Fsp3) is 0.367. The summed E-state index contributed by atoms with van der Waals surface area (Å²) in [6, 6.07) is 11.0. The van der Waals surface area contributed by atoms with Crippen molar-refractivity contribution in [3.05, 3.63) is 83.1 Å². The van der Waals surface area contributed by atoms with Gasteiger partial charge in [0.05, 0.1) is 29.8 Å². The summed E-state index contributed by atoms with van der Waals surface area (Å²) in [5.74, 6) is -0.450. The summed E-state index contributed by atoms with van der Waals surface area (Å²) < 4.78 is 21.3. The normalized spacial score (nSPS) is 17.6. The number of carbonyl (C=O) groups is 2. The summed E-state index contributed by atoms with van der Waals surface area (Å²) in [7, 11) is 0. The Kier molecular flexibility index (Phi) is 9.22. The smallest absolute Gasteiger partial charge is 0.255 e. The topological polar surface area (TPSA) is 130 Å². The molecule has 0 saturated heterocycles. The molecule has 2 bridgehead atoms. The molecule has 5 rings (SSSR count). The van der Waals surface area contributed by atoms with Crippen LogP contribution < -0.4 is 15.4 Å². The van der Waals surface area contributed by atoms with E-state index >= 15 is 0 Å². The van der Waals surface area contributed by atoms with E-state index in [1.807, 2.05) is 25.3 Å². The number of carbonyl (C=O) groups excluding carboxylic acids is 2. The highest BCUT2D eigenvalue weighted by Gasteiger charge is 2.20. The van der Waals surface area contributed by atoms with Crippen molar-refractivity contribution < 1.29 is 18.7 Å². The molecular formula is C30H35FN8O3. The second kappa shape index (κ2) is 13.4. The van der Waals surface area contributed by atoms with Crippen LogP contribution in [0.3, 0.4) is 0 Å². The zero-order valence-electron chi connectivity index (χ0n) is 23.8. The van der Waals surface area contributed by atoms with Crippen LogP contribution in [-0.2, 0) is 24.4 Å². The molecule has 0 saturated carbocycles. The number of benzene rings is 2. The maximum Gasteiger partial charge on any atom is 0.255 e. The maximum absolute atomic E-state index is 13.5. The SMILES string of the molecule is Cc1ccc2c(c1)OCCCn1cc(nn1)CN(Cc1cn[nH]c1-c1ccc(F)cc1)CCCNC(=O)[C@@H](C)NC2=O. The van der Waals surface area contributed by atoms with Gasteiger partial charge in [-0.15, -0.1) is 5.10 Å². The van der Waals surface area contributed by atoms with Gasteiger partial charge in [-0.1, -0.05) is 11.3 Å². The molecule has 0 unspecified atom stereocenters. The highest BCUT2D eigenvalue weighted by Crippen LogP contribution is 2.24. The van der Waals surface area contributed by atoms with Crippen LogP contribution in [0.15, 0.2) is 54.9 Å². The number of fused-ring (bicyclic) bond motifs is 3. The fourth-order valence-electron chi connectivity index (χ4n) is 4.85. The predicted molar refractivity (Wildman–Crippen MR) is 154 cm³/mol. The Morgan fingerprint density at radius 3 is 2.76 bits per heavy atom. The van der Waals surface area contributed by atoms with Gasteiger partial charge < -0.3 is 15.4 Å². The van der Waals surface area contributed by atoms with E-state index < -0.39 is 6.04 Å². The number of hydrogen-bond donors (Lipinski definition) is 3. The number of amides is 2. The van der Waals surface area contributed by atoms with Gasteiger partial charge in [0.2, 0.25) is 5.91 Å². The molecule has 2 aromatic carbocycles. The Morgan fingerprint density at radius 1 is 1.10 bits per heavy atom. The number of halogens is 1. The molecule has 2 aromatic heterocycles. The predicted octanol–water partition coefficient (Wildman–Crippen LogP) is 3.23. The van der Waals surface area contributed by atoms with Gasteiger partial charge in [-0.3, -0.25) is 24.3 Å². The molecule has 0 aliphatic carbocycles. The third-order valence-corrected chi connectivity index (χ3v) is 7.08. The van der Waals surface area contributed by atoms with Crippen LogP contribution in [0.25, 0.3) is 11.3 Å². The monoisotopic (exact) mass is 574 g/mol. The summed E-state index contributed by atoms with van der Waals surface area (Å²) in [5, 5.41) is 21.6. The summed E-state index contributed by atoms with van der Waals surface area (Å²) in [4.78, 5) is 28.0. The van der Waals surface area contributed by atoms with Crippen molar-refractivity contribution in [3.8, 4) is 17.0 Å². The summed E-state index contributed by atoms with van der Waals surface area (Å²) in [5.41, 5.74) is 4.79. The number of rotatable bonds is 3. The second-order valence-electron chi connectivity index (χ2n) is 10.5. The van der Waals surface area contributed by atoms with Gasteiger partial charge in [0.25, 0.3) is 5.91 Å². The van der Waals surface area contributed by atoms with Crippen LogP contribution >= 0.6 is 0 Å². The minimum Gasteiger partial charge on any atom is -0.493 e. The molecule has 220 valence electrons. The van der Waals surface area contributed by atoms with Gasteiger partial charge in [0, 0.05) is 56.5 Å². The lowest BCUT2D eigenvalue weighted by Crippen LogP contribution is -2.45. The second-order valence-corrected chi connectivity index (χ2v) is 10.5. The van der Waals surface area contributed by atoms with Crippen molar-refractivity contribution in [2.75, 3.05) is 19.7 Å². The van der Waals surface area contributed by atoms with E-state index in [1.54, 1.807) is 36.0 Å². The first-order valence-corrected chi connectivity index (χ1v) is 14.1. The van der Waals surface area contributed by atoms with Crippen molar-refractivity contribution in [3.63, 3.8) is 0 Å². The van der Waals surface area contributed by atoms with Gasteiger partial charge in [0.15, 0.2) is 0 Å². The van der Waals surface area contributed by atoms with Gasteiger partial charge >= 0.3 is 0 Å². The van der Waals surface area contributed by atoms with Gasteiger partial charge in [-0.2, -0.15) is 5.10 Å². The van der Waals surface area contributed by atoms with Gasteiger partial charge in [-0.25, -0.2) is 4.39 Å². The van der Waals surface area contributed by atoms with E-state index in [2.05, 4.69) is 36.0 Å². The summed E-state index contributed by atoms with van der Waals surface area (Å²) in [6.07, 6.45) is 5.03. The molecule has 1 atom stereocenters. The van der Waals surface area contributed by atoms with E-state index in [-0.39, 0.29) is 17.6 Å². The van der Waals surface area contributed by atoms with Gasteiger partial charge in [0.1, 0.15) is 17.6 Å². The number of nitrogens with one attached hydrogen (secondary N) is 3. The van der Waals surface area contributed by atoms with E-state index in [0.29, 0.717) is 63.5 Å². The Morgan fingerprint density at radius 2 is 1.93 bits per heavy atom. The van der Waals surface area contributed by atoms with Crippen LogP contribution in [0.2, 0.25) is 0 Å². The third-order valence-electron chi connectivity index (χ3n) is 7.08. The first-order chi connectivity index (χ1) is 20.4. The molecule has 12 heteroatoms. The lowest BCUT2D eigenvalue weighted by Gasteiger charge is -2.22. The third kappa shape index (κ3) is 7.38. The summed E-state index contributed by atoms with van der Waals surface area (Å²) in [6.45, 7) is 6.76. The van der Waals surface area contributed by atoms with E-state index in [4.69, 9.17) is 4.74 Å². The molecule has 11 nitrogen and oxygen atoms in total. The number of nitrogens with zero attached hydrogens (tertiary/aromatic N) is 5. The molecule has 4 aromatic rings. The average Bonchev–Trinajstić information content (AvgIpc) is 3.62. The van der Waals surface area contributed by atoms with Crippen LogP contribution in [0.5, 0.6) is 5.75 Å². The van der Waals surface area contributed by atoms with Gasteiger partial charge in [-0.05, 0) is 62.2 Å². The zero-order chi connectivity index (χ0) is 29.5. The number of aromatic nitrogens is 5. The Labute approximate surface area is 243 Å². The zero-order valence-corrected chi connectivity index (χ0v) is 23.8. The van der Waals surface area contributed by atoms with Crippen molar-refractivity contribution >= 4 is 11.8 Å². The molecule has 42 heavy (non-hydrogen) atoms. The van der Waals surface area contributed by atoms with Crippen LogP contribution in [0, 0.1) is 12.7 Å². The molecule has 3 N–H and O–H groups in total. The largest absolute Gasteiger partial charge is 0.493 e. The van der Waals surface area contributed by atoms with Crippen LogP contribution in [0.4, 0.5) is 4.39 Å². The summed E-state index contributed by atoms with van der Waals surface area (Å²) >= 11 is 0. The Hall–Kier alpha value is -4.58. The number of hydrogen-bond acceptors (Lipinski definition) is 7. The molecular weight excluding hydrogens is 539 g/mol. The van der Waals surface area contributed by atoms with Crippen molar-refractivity contribution in [1.82, 2.24) is 40.7 Å². The minimum absolute atomic E-state index is 0.265. The first-order valence-electron chi connectivity index (χ1n) is 14.1. The van der Waals surface area contributed by atoms with Crippen LogP contribution in [-0.4, -0.2) is 67.6 Å². The van der Waals surface area contributed by atoms with Crippen molar-refractivity contribution in [2.24, 2.45) is 0 Å². The highest BCUT2D eigenvalue weighted by molar-refractivity contribution is 5.99. The molecule has 0 spiro atoms.